The molecule has 4 nitrogen and oxygen atoms in total. The second-order valence-electron chi connectivity index (χ2n) is 4.14. The molecule has 0 bridgehead atoms. The third-order valence-electron chi connectivity index (χ3n) is 2.84. The smallest absolute Gasteiger partial charge is 0.178 e. The number of halogens is 2. The number of nitrogens with two attached hydrogens (primary N) is 1. The summed E-state index contributed by atoms with van der Waals surface area (Å²) in [6.45, 7) is 0. The van der Waals surface area contributed by atoms with Crippen molar-refractivity contribution < 1.29 is 8.91 Å². The second-order valence-corrected chi connectivity index (χ2v) is 4.99. The summed E-state index contributed by atoms with van der Waals surface area (Å²) in [5, 5.41) is 3.79. The number of nitrogens with zero attached hydrogens (tertiary/aromatic N) is 2. The molecule has 0 aliphatic carbocycles. The number of hydrogen-bond donors (Lipinski definition) is 1. The Bertz CT molecular complexity index is 758. The molecule has 2 aromatic heterocycles. The van der Waals surface area contributed by atoms with Crippen LogP contribution in [-0.4, -0.2) is 10.1 Å². The number of aromatic nitrogens is 2. The van der Waals surface area contributed by atoms with Gasteiger partial charge >= 0.3 is 0 Å². The highest BCUT2D eigenvalue weighted by Crippen LogP contribution is 2.39. The molecule has 1 aromatic carbocycles. The van der Waals surface area contributed by atoms with Crippen molar-refractivity contribution >= 4 is 21.7 Å². The summed E-state index contributed by atoms with van der Waals surface area (Å²) in [6, 6.07) is 7.98. The lowest BCUT2D eigenvalue weighted by atomic mass is 10.0. The summed E-state index contributed by atoms with van der Waals surface area (Å²) in [7, 11) is 0. The Morgan fingerprint density at radius 3 is 2.80 bits per heavy atom. The number of nitrogen functional groups attached to an aromatic ring is 1. The van der Waals surface area contributed by atoms with Crippen LogP contribution in [0.4, 0.5) is 10.2 Å². The lowest BCUT2D eigenvalue weighted by molar-refractivity contribution is 0.436. The molecule has 3 rings (SSSR count). The van der Waals surface area contributed by atoms with E-state index in [4.69, 9.17) is 10.3 Å². The highest BCUT2D eigenvalue weighted by molar-refractivity contribution is 9.10. The van der Waals surface area contributed by atoms with E-state index in [1.165, 1.54) is 12.1 Å². The Morgan fingerprint density at radius 2 is 2.10 bits per heavy atom. The van der Waals surface area contributed by atoms with E-state index in [0.29, 0.717) is 21.4 Å². The molecule has 3 aromatic rings. The Labute approximate surface area is 122 Å². The van der Waals surface area contributed by atoms with Crippen LogP contribution in [0.1, 0.15) is 0 Å². The van der Waals surface area contributed by atoms with Crippen LogP contribution >= 0.6 is 15.9 Å². The van der Waals surface area contributed by atoms with Crippen LogP contribution in [0.15, 0.2) is 51.7 Å². The predicted octanol–water partition coefficient (Wildman–Crippen LogP) is 3.89. The Kier molecular flexibility index (Phi) is 3.23. The number of anilines is 1. The van der Waals surface area contributed by atoms with Crippen LogP contribution in [0.5, 0.6) is 0 Å². The van der Waals surface area contributed by atoms with Crippen LogP contribution in [-0.2, 0) is 0 Å². The molecule has 2 N–H and O–H groups in total. The quantitative estimate of drug-likeness (QED) is 0.772. The molecule has 6 heteroatoms. The lowest BCUT2D eigenvalue weighted by Crippen LogP contribution is -1.90. The molecule has 0 aliphatic heterocycles. The van der Waals surface area contributed by atoms with Crippen molar-refractivity contribution in [1.29, 1.82) is 0 Å². The fourth-order valence-electron chi connectivity index (χ4n) is 1.95. The number of benzene rings is 1. The van der Waals surface area contributed by atoms with Gasteiger partial charge in [0.2, 0.25) is 0 Å². The molecule has 2 heterocycles. The van der Waals surface area contributed by atoms with E-state index in [1.54, 1.807) is 24.5 Å². The normalized spacial score (nSPS) is 10.7. The number of hydrogen-bond acceptors (Lipinski definition) is 4. The zero-order valence-corrected chi connectivity index (χ0v) is 11.8. The van der Waals surface area contributed by atoms with Crippen molar-refractivity contribution in [2.24, 2.45) is 0 Å². The molecule has 0 atom stereocenters. The molecule has 0 saturated carbocycles. The summed E-state index contributed by atoms with van der Waals surface area (Å²) in [6.07, 6.45) is 3.34. The SMILES string of the molecule is Nc1noc(-c2ccc(F)cc2Br)c1-c1cccnc1. The average molecular weight is 334 g/mol. The van der Waals surface area contributed by atoms with Crippen molar-refractivity contribution in [3.05, 3.63) is 53.0 Å². The van der Waals surface area contributed by atoms with Gasteiger partial charge in [-0.3, -0.25) is 4.98 Å². The molecule has 0 unspecified atom stereocenters. The van der Waals surface area contributed by atoms with Crippen molar-refractivity contribution in [2.75, 3.05) is 5.73 Å². The van der Waals surface area contributed by atoms with Gasteiger partial charge in [-0.25, -0.2) is 4.39 Å². The van der Waals surface area contributed by atoms with Crippen LogP contribution in [0.3, 0.4) is 0 Å². The third kappa shape index (κ3) is 2.18. The standard InChI is InChI=1S/C14H9BrFN3O/c15-11-6-9(16)3-4-10(11)13-12(14(17)19-20-13)8-2-1-5-18-7-8/h1-7H,(H2,17,19). The van der Waals surface area contributed by atoms with Crippen LogP contribution in [0, 0.1) is 5.82 Å². The fourth-order valence-corrected chi connectivity index (χ4v) is 2.48. The van der Waals surface area contributed by atoms with Gasteiger partial charge in [0.15, 0.2) is 11.6 Å². The fraction of sp³-hybridized carbons (Fsp3) is 0. The Balaban J connectivity index is 2.21. The minimum Gasteiger partial charge on any atom is -0.380 e. The summed E-state index contributed by atoms with van der Waals surface area (Å²) >= 11 is 3.32. The van der Waals surface area contributed by atoms with Gasteiger partial charge in [0.25, 0.3) is 0 Å². The lowest BCUT2D eigenvalue weighted by Gasteiger charge is -2.04. The monoisotopic (exact) mass is 333 g/mol. The summed E-state index contributed by atoms with van der Waals surface area (Å²) in [5.74, 6) is 0.405. The molecule has 0 aliphatic rings. The first-order valence-corrected chi connectivity index (χ1v) is 6.57. The van der Waals surface area contributed by atoms with Crippen molar-refractivity contribution in [1.82, 2.24) is 10.1 Å². The maximum atomic E-state index is 13.2. The van der Waals surface area contributed by atoms with E-state index >= 15 is 0 Å². The maximum Gasteiger partial charge on any atom is 0.178 e. The summed E-state index contributed by atoms with van der Waals surface area (Å²) < 4.78 is 19.1. The minimum absolute atomic E-state index is 0.268. The van der Waals surface area contributed by atoms with E-state index in [2.05, 4.69) is 26.1 Å². The van der Waals surface area contributed by atoms with Crippen molar-refractivity contribution in [3.8, 4) is 22.5 Å². The molecule has 0 radical (unpaired) electrons. The van der Waals surface area contributed by atoms with E-state index in [-0.39, 0.29) is 11.6 Å². The molecule has 0 amide bonds. The van der Waals surface area contributed by atoms with Crippen LogP contribution in [0.25, 0.3) is 22.5 Å². The molecule has 100 valence electrons. The van der Waals surface area contributed by atoms with Gasteiger partial charge in [-0.2, -0.15) is 0 Å². The highest BCUT2D eigenvalue weighted by atomic mass is 79.9. The van der Waals surface area contributed by atoms with Gasteiger partial charge in [-0.15, -0.1) is 0 Å². The first kappa shape index (κ1) is 12.8. The minimum atomic E-state index is -0.337. The zero-order chi connectivity index (χ0) is 14.1. The predicted molar refractivity (Wildman–Crippen MR) is 77.2 cm³/mol. The number of rotatable bonds is 2. The molecule has 0 saturated heterocycles. The number of pyridine rings is 1. The van der Waals surface area contributed by atoms with Gasteiger partial charge in [-0.05, 0) is 40.2 Å². The van der Waals surface area contributed by atoms with Crippen molar-refractivity contribution in [2.45, 2.75) is 0 Å². The van der Waals surface area contributed by atoms with E-state index in [0.717, 1.165) is 5.56 Å². The molecular formula is C14H9BrFN3O. The molecular weight excluding hydrogens is 325 g/mol. The summed E-state index contributed by atoms with van der Waals surface area (Å²) in [5.41, 5.74) is 7.98. The van der Waals surface area contributed by atoms with Gasteiger partial charge in [-0.1, -0.05) is 11.2 Å². The second kappa shape index (κ2) is 5.05. The van der Waals surface area contributed by atoms with E-state index < -0.39 is 0 Å². The van der Waals surface area contributed by atoms with Gasteiger partial charge in [0, 0.05) is 28.0 Å². The molecule has 20 heavy (non-hydrogen) atoms. The topological polar surface area (TPSA) is 64.9 Å². The van der Waals surface area contributed by atoms with E-state index in [1.807, 2.05) is 6.07 Å². The third-order valence-corrected chi connectivity index (χ3v) is 3.50. The van der Waals surface area contributed by atoms with Gasteiger partial charge < -0.3 is 10.3 Å². The Hall–Kier alpha value is -2.21. The first-order valence-electron chi connectivity index (χ1n) is 5.78. The first-order chi connectivity index (χ1) is 9.66. The highest BCUT2D eigenvalue weighted by Gasteiger charge is 2.19. The maximum absolute atomic E-state index is 13.2. The van der Waals surface area contributed by atoms with Crippen LogP contribution in [0.2, 0.25) is 0 Å². The van der Waals surface area contributed by atoms with E-state index in [9.17, 15) is 4.39 Å². The zero-order valence-electron chi connectivity index (χ0n) is 10.2. The van der Waals surface area contributed by atoms with Crippen LogP contribution < -0.4 is 5.73 Å². The van der Waals surface area contributed by atoms with Crippen molar-refractivity contribution in [3.63, 3.8) is 0 Å². The average Bonchev–Trinajstić information content (AvgIpc) is 2.81. The van der Waals surface area contributed by atoms with Gasteiger partial charge in [0.1, 0.15) is 5.82 Å². The molecule has 0 spiro atoms. The summed E-state index contributed by atoms with van der Waals surface area (Å²) in [4.78, 5) is 4.06. The van der Waals surface area contributed by atoms with Gasteiger partial charge in [0.05, 0.1) is 5.56 Å². The largest absolute Gasteiger partial charge is 0.380 e. The Morgan fingerprint density at radius 1 is 1.25 bits per heavy atom. The molecule has 0 fully saturated rings.